The molecule has 132 valence electrons. The lowest BCUT2D eigenvalue weighted by Gasteiger charge is -2.20. The highest BCUT2D eigenvalue weighted by molar-refractivity contribution is 7.89. The Morgan fingerprint density at radius 3 is 2.25 bits per heavy atom. The molecular formula is C18H26N2O3S. The number of nitrogens with one attached hydrogen (secondary N) is 1. The van der Waals surface area contributed by atoms with Crippen molar-refractivity contribution in [3.8, 4) is 0 Å². The number of hydrogen-bond acceptors (Lipinski definition) is 3. The molecule has 1 aromatic carbocycles. The molecule has 0 atom stereocenters. The van der Waals surface area contributed by atoms with Gasteiger partial charge >= 0.3 is 0 Å². The average molecular weight is 350 g/mol. The fourth-order valence-corrected chi connectivity index (χ4v) is 4.36. The van der Waals surface area contributed by atoms with Gasteiger partial charge in [-0.3, -0.25) is 4.79 Å². The van der Waals surface area contributed by atoms with Crippen molar-refractivity contribution >= 4 is 15.9 Å². The van der Waals surface area contributed by atoms with E-state index in [9.17, 15) is 13.2 Å². The summed E-state index contributed by atoms with van der Waals surface area (Å²) in [6.07, 6.45) is 7.64. The second-order valence-electron chi connectivity index (χ2n) is 6.83. The van der Waals surface area contributed by atoms with Crippen LogP contribution in [0.5, 0.6) is 0 Å². The zero-order valence-electron chi connectivity index (χ0n) is 14.0. The molecule has 2 fully saturated rings. The second-order valence-corrected chi connectivity index (χ2v) is 8.55. The predicted molar refractivity (Wildman–Crippen MR) is 93.2 cm³/mol. The first-order valence-corrected chi connectivity index (χ1v) is 10.4. The highest BCUT2D eigenvalue weighted by Gasteiger charge is 2.27. The zero-order chi connectivity index (χ0) is 17.0. The van der Waals surface area contributed by atoms with Gasteiger partial charge in [0.15, 0.2) is 0 Å². The molecule has 1 N–H and O–H groups in total. The van der Waals surface area contributed by atoms with Crippen molar-refractivity contribution in [3.05, 3.63) is 29.8 Å². The topological polar surface area (TPSA) is 66.5 Å². The van der Waals surface area contributed by atoms with Crippen molar-refractivity contribution in [2.45, 2.75) is 62.3 Å². The maximum Gasteiger partial charge on any atom is 0.240 e. The van der Waals surface area contributed by atoms with Crippen LogP contribution in [0.3, 0.4) is 0 Å². The van der Waals surface area contributed by atoms with Gasteiger partial charge in [0.25, 0.3) is 0 Å². The van der Waals surface area contributed by atoms with E-state index in [-0.39, 0.29) is 11.9 Å². The lowest BCUT2D eigenvalue weighted by molar-refractivity contribution is -0.131. The summed E-state index contributed by atoms with van der Waals surface area (Å²) in [6, 6.07) is 7.02. The Morgan fingerprint density at radius 1 is 1.04 bits per heavy atom. The number of nitrogens with zero attached hydrogens (tertiary/aromatic N) is 1. The first-order chi connectivity index (χ1) is 11.5. The molecule has 24 heavy (non-hydrogen) atoms. The summed E-state index contributed by atoms with van der Waals surface area (Å²) in [4.78, 5) is 14.6. The van der Waals surface area contributed by atoms with Crippen LogP contribution in [0.25, 0.3) is 0 Å². The van der Waals surface area contributed by atoms with Gasteiger partial charge in [-0.1, -0.05) is 25.0 Å². The van der Waals surface area contributed by atoms with E-state index in [4.69, 9.17) is 0 Å². The second kappa shape index (κ2) is 7.66. The van der Waals surface area contributed by atoms with Crippen molar-refractivity contribution in [2.24, 2.45) is 0 Å². The van der Waals surface area contributed by atoms with Crippen LogP contribution in [-0.4, -0.2) is 38.4 Å². The Kier molecular flexibility index (Phi) is 5.56. The molecule has 1 heterocycles. The quantitative estimate of drug-likeness (QED) is 0.857. The van der Waals surface area contributed by atoms with Crippen LogP contribution < -0.4 is 4.72 Å². The molecule has 0 aromatic heterocycles. The van der Waals surface area contributed by atoms with Crippen LogP contribution in [0.15, 0.2) is 29.2 Å². The van der Waals surface area contributed by atoms with Gasteiger partial charge in [-0.05, 0) is 49.8 Å². The number of rotatable bonds is 6. The Bertz CT molecular complexity index is 658. The highest BCUT2D eigenvalue weighted by Crippen LogP contribution is 2.22. The minimum Gasteiger partial charge on any atom is -0.343 e. The summed E-state index contributed by atoms with van der Waals surface area (Å²) >= 11 is 0. The summed E-state index contributed by atoms with van der Waals surface area (Å²) in [7, 11) is -3.39. The smallest absolute Gasteiger partial charge is 0.240 e. The van der Waals surface area contributed by atoms with E-state index in [1.807, 2.05) is 17.0 Å². The van der Waals surface area contributed by atoms with Gasteiger partial charge in [0, 0.05) is 25.6 Å². The molecule has 2 aliphatic rings. The van der Waals surface area contributed by atoms with Gasteiger partial charge in [0.2, 0.25) is 15.9 Å². The van der Waals surface area contributed by atoms with Crippen LogP contribution in [0, 0.1) is 0 Å². The fourth-order valence-electron chi connectivity index (χ4n) is 3.05. The molecule has 0 bridgehead atoms. The molecule has 1 saturated carbocycles. The molecule has 1 aliphatic carbocycles. The molecule has 0 unspecified atom stereocenters. The third-order valence-electron chi connectivity index (χ3n) is 4.72. The van der Waals surface area contributed by atoms with Gasteiger partial charge in [-0.15, -0.1) is 0 Å². The molecule has 0 radical (unpaired) electrons. The van der Waals surface area contributed by atoms with Crippen LogP contribution >= 0.6 is 0 Å². The van der Waals surface area contributed by atoms with Gasteiger partial charge in [-0.25, -0.2) is 13.1 Å². The predicted octanol–water partition coefficient (Wildman–Crippen LogP) is 2.46. The number of hydrogen-bond donors (Lipinski definition) is 1. The zero-order valence-corrected chi connectivity index (χ0v) is 14.9. The van der Waals surface area contributed by atoms with E-state index < -0.39 is 10.0 Å². The molecule has 1 aromatic rings. The van der Waals surface area contributed by atoms with Crippen LogP contribution in [0.1, 0.15) is 50.5 Å². The van der Waals surface area contributed by atoms with Gasteiger partial charge in [0.05, 0.1) is 4.90 Å². The first kappa shape index (κ1) is 17.4. The third kappa shape index (κ3) is 4.80. The standard InChI is InChI=1S/C18H26N2O3S/c21-18(20-13-3-1-2-4-14-20)12-7-15-5-10-17(11-6-15)24(22,23)19-16-8-9-16/h5-6,10-11,16,19H,1-4,7-9,12-14H2. The highest BCUT2D eigenvalue weighted by atomic mass is 32.2. The van der Waals surface area contributed by atoms with E-state index in [1.165, 1.54) is 12.8 Å². The number of carbonyl (C=O) groups is 1. The number of sulfonamides is 1. The molecule has 3 rings (SSSR count). The number of likely N-dealkylation sites (tertiary alicyclic amines) is 1. The lowest BCUT2D eigenvalue weighted by atomic mass is 10.1. The Balaban J connectivity index is 1.53. The van der Waals surface area contributed by atoms with Crippen molar-refractivity contribution in [2.75, 3.05) is 13.1 Å². The third-order valence-corrected chi connectivity index (χ3v) is 6.26. The Morgan fingerprint density at radius 2 is 1.67 bits per heavy atom. The van der Waals surface area contributed by atoms with Crippen molar-refractivity contribution < 1.29 is 13.2 Å². The van der Waals surface area contributed by atoms with E-state index in [0.29, 0.717) is 17.7 Å². The number of aryl methyl sites for hydroxylation is 1. The van der Waals surface area contributed by atoms with E-state index in [1.54, 1.807) is 12.1 Å². The van der Waals surface area contributed by atoms with Crippen molar-refractivity contribution in [1.82, 2.24) is 9.62 Å². The number of amides is 1. The number of carbonyl (C=O) groups excluding carboxylic acids is 1. The van der Waals surface area contributed by atoms with Crippen LogP contribution in [-0.2, 0) is 21.2 Å². The maximum absolute atomic E-state index is 12.3. The molecule has 1 saturated heterocycles. The summed E-state index contributed by atoms with van der Waals surface area (Å²) in [5.41, 5.74) is 1.00. The van der Waals surface area contributed by atoms with Gasteiger partial charge < -0.3 is 4.90 Å². The Labute approximate surface area is 144 Å². The average Bonchev–Trinajstić information content (AvgIpc) is 3.39. The van der Waals surface area contributed by atoms with Gasteiger partial charge in [0.1, 0.15) is 0 Å². The monoisotopic (exact) mass is 350 g/mol. The van der Waals surface area contributed by atoms with Crippen LogP contribution in [0.4, 0.5) is 0 Å². The first-order valence-electron chi connectivity index (χ1n) is 8.94. The summed E-state index contributed by atoms with van der Waals surface area (Å²) in [6.45, 7) is 1.76. The molecule has 0 spiro atoms. The molecule has 6 heteroatoms. The SMILES string of the molecule is O=C(CCc1ccc(S(=O)(=O)NC2CC2)cc1)N1CCCCCC1. The summed E-state index contributed by atoms with van der Waals surface area (Å²) < 4.78 is 26.9. The summed E-state index contributed by atoms with van der Waals surface area (Å²) in [5.74, 6) is 0.212. The molecule has 1 amide bonds. The van der Waals surface area contributed by atoms with Crippen molar-refractivity contribution in [1.29, 1.82) is 0 Å². The number of benzene rings is 1. The lowest BCUT2D eigenvalue weighted by Crippen LogP contribution is -2.31. The minimum atomic E-state index is -3.39. The molecule has 1 aliphatic heterocycles. The largest absolute Gasteiger partial charge is 0.343 e. The minimum absolute atomic E-state index is 0.112. The fraction of sp³-hybridized carbons (Fsp3) is 0.611. The van der Waals surface area contributed by atoms with Crippen molar-refractivity contribution in [3.63, 3.8) is 0 Å². The molecule has 5 nitrogen and oxygen atoms in total. The van der Waals surface area contributed by atoms with Gasteiger partial charge in [-0.2, -0.15) is 0 Å². The van der Waals surface area contributed by atoms with E-state index >= 15 is 0 Å². The Hall–Kier alpha value is -1.40. The van der Waals surface area contributed by atoms with E-state index in [0.717, 1.165) is 44.3 Å². The molecular weight excluding hydrogens is 324 g/mol. The van der Waals surface area contributed by atoms with Crippen LogP contribution in [0.2, 0.25) is 0 Å². The van der Waals surface area contributed by atoms with E-state index in [2.05, 4.69) is 4.72 Å². The summed E-state index contributed by atoms with van der Waals surface area (Å²) in [5, 5.41) is 0. The normalized spacial score (nSPS) is 19.1. The maximum atomic E-state index is 12.3.